The molecule has 1 aromatic carbocycles. The van der Waals surface area contributed by atoms with E-state index in [4.69, 9.17) is 0 Å². The lowest BCUT2D eigenvalue weighted by Crippen LogP contribution is -2.49. The average Bonchev–Trinajstić information content (AvgIpc) is 2.92. The summed E-state index contributed by atoms with van der Waals surface area (Å²) in [6.45, 7) is 8.31. The van der Waals surface area contributed by atoms with Gasteiger partial charge in [-0.2, -0.15) is 0 Å². The maximum Gasteiger partial charge on any atom is 0.272 e. The van der Waals surface area contributed by atoms with Crippen LogP contribution in [0.5, 0.6) is 0 Å². The van der Waals surface area contributed by atoms with Crippen LogP contribution in [0.1, 0.15) is 56.0 Å². The molecule has 2 bridgehead atoms. The lowest BCUT2D eigenvalue weighted by Gasteiger charge is -2.39. The number of amides is 2. The van der Waals surface area contributed by atoms with Gasteiger partial charge in [0.1, 0.15) is 0 Å². The van der Waals surface area contributed by atoms with E-state index in [-0.39, 0.29) is 35.0 Å². The number of nitrogens with one attached hydrogen (secondary N) is 2. The highest BCUT2D eigenvalue weighted by atomic mass is 16.6. The Morgan fingerprint density at radius 3 is 2.52 bits per heavy atom. The van der Waals surface area contributed by atoms with Crippen LogP contribution in [0.2, 0.25) is 0 Å². The van der Waals surface area contributed by atoms with Gasteiger partial charge in [-0.25, -0.2) is 0 Å². The highest BCUT2D eigenvalue weighted by Gasteiger charge is 2.61. The van der Waals surface area contributed by atoms with Crippen LogP contribution in [0.15, 0.2) is 18.2 Å². The molecule has 0 saturated heterocycles. The van der Waals surface area contributed by atoms with E-state index in [0.29, 0.717) is 17.0 Å². The summed E-state index contributed by atoms with van der Waals surface area (Å²) in [6.07, 6.45) is 3.32. The van der Waals surface area contributed by atoms with E-state index in [9.17, 15) is 19.7 Å². The van der Waals surface area contributed by atoms with Gasteiger partial charge in [0.05, 0.1) is 11.5 Å². The molecule has 2 amide bonds. The number of aryl methyl sites for hydroxylation is 1. The molecule has 0 heterocycles. The van der Waals surface area contributed by atoms with Crippen LogP contribution in [-0.2, 0) is 4.79 Å². The van der Waals surface area contributed by atoms with Crippen molar-refractivity contribution in [3.05, 3.63) is 39.4 Å². The summed E-state index contributed by atoms with van der Waals surface area (Å²) < 4.78 is 0. The number of benzene rings is 1. The molecule has 2 aliphatic rings. The molecular formula is C20H27N3O4. The Bertz CT molecular complexity index is 804. The Labute approximate surface area is 159 Å². The second kappa shape index (κ2) is 6.62. The zero-order valence-corrected chi connectivity index (χ0v) is 16.3. The number of nitro benzene ring substituents is 1. The van der Waals surface area contributed by atoms with Crippen LogP contribution in [0.3, 0.4) is 0 Å². The fourth-order valence-corrected chi connectivity index (χ4v) is 4.93. The van der Waals surface area contributed by atoms with Crippen molar-refractivity contribution in [2.45, 2.75) is 53.0 Å². The fraction of sp³-hybridized carbons (Fsp3) is 0.600. The van der Waals surface area contributed by atoms with Gasteiger partial charge < -0.3 is 10.6 Å². The van der Waals surface area contributed by atoms with Crippen molar-refractivity contribution in [2.75, 3.05) is 6.54 Å². The Balaban J connectivity index is 1.56. The van der Waals surface area contributed by atoms with E-state index in [1.54, 1.807) is 6.92 Å². The normalized spacial score (nSPS) is 28.0. The summed E-state index contributed by atoms with van der Waals surface area (Å²) in [5.41, 5.74) is 0.988. The quantitative estimate of drug-likeness (QED) is 0.612. The molecule has 0 radical (unpaired) electrons. The molecule has 3 unspecified atom stereocenters. The van der Waals surface area contributed by atoms with E-state index >= 15 is 0 Å². The maximum absolute atomic E-state index is 12.4. The van der Waals surface area contributed by atoms with E-state index in [1.807, 2.05) is 0 Å². The molecule has 7 heteroatoms. The van der Waals surface area contributed by atoms with Crippen molar-refractivity contribution in [2.24, 2.45) is 16.7 Å². The smallest absolute Gasteiger partial charge is 0.272 e. The highest BCUT2D eigenvalue weighted by molar-refractivity contribution is 5.96. The molecule has 0 aliphatic heterocycles. The van der Waals surface area contributed by atoms with Gasteiger partial charge in [0, 0.05) is 23.2 Å². The zero-order chi connectivity index (χ0) is 20.0. The van der Waals surface area contributed by atoms with Crippen LogP contribution >= 0.6 is 0 Å². The number of rotatable bonds is 5. The maximum atomic E-state index is 12.4. The molecule has 2 aliphatic carbocycles. The molecule has 2 N–H and O–H groups in total. The molecule has 146 valence electrons. The van der Waals surface area contributed by atoms with Gasteiger partial charge in [0.15, 0.2) is 0 Å². The molecule has 3 atom stereocenters. The molecule has 27 heavy (non-hydrogen) atoms. The third-order valence-corrected chi connectivity index (χ3v) is 7.19. The van der Waals surface area contributed by atoms with Gasteiger partial charge in [0.25, 0.3) is 11.6 Å². The molecule has 7 nitrogen and oxygen atoms in total. The van der Waals surface area contributed by atoms with Gasteiger partial charge in [0.2, 0.25) is 5.91 Å². The first kappa shape index (κ1) is 19.3. The average molecular weight is 373 g/mol. The number of carbonyl (C=O) groups excluding carboxylic acids is 2. The van der Waals surface area contributed by atoms with Gasteiger partial charge in [-0.05, 0) is 55.1 Å². The minimum absolute atomic E-state index is 0.0311. The second-order valence-electron chi connectivity index (χ2n) is 8.67. The standard InChI is InChI=1S/C20H27N3O4/c1-12-9-13(5-6-15(12)23(26)27)18(25)21-11-17(24)22-16-10-14-7-8-20(16,4)19(14,2)3/h5-6,9,14,16H,7-8,10-11H2,1-4H3,(H,21,25)(H,22,24). The monoisotopic (exact) mass is 373 g/mol. The number of hydrogen-bond donors (Lipinski definition) is 2. The highest BCUT2D eigenvalue weighted by Crippen LogP contribution is 2.65. The summed E-state index contributed by atoms with van der Waals surface area (Å²) >= 11 is 0. The third kappa shape index (κ3) is 3.19. The SMILES string of the molecule is Cc1cc(C(=O)NCC(=O)NC2CC3CCC2(C)C3(C)C)ccc1[N+](=O)[O-]. The molecule has 0 aromatic heterocycles. The summed E-state index contributed by atoms with van der Waals surface area (Å²) in [5.74, 6) is 0.0182. The van der Waals surface area contributed by atoms with Crippen molar-refractivity contribution in [3.8, 4) is 0 Å². The van der Waals surface area contributed by atoms with Crippen molar-refractivity contribution in [1.82, 2.24) is 10.6 Å². The fourth-order valence-electron chi connectivity index (χ4n) is 4.93. The van der Waals surface area contributed by atoms with Gasteiger partial charge in [-0.1, -0.05) is 20.8 Å². The van der Waals surface area contributed by atoms with Gasteiger partial charge in [-0.3, -0.25) is 19.7 Å². The zero-order valence-electron chi connectivity index (χ0n) is 16.3. The van der Waals surface area contributed by atoms with Crippen LogP contribution in [0.4, 0.5) is 5.69 Å². The number of fused-ring (bicyclic) bond motifs is 2. The largest absolute Gasteiger partial charge is 0.351 e. The number of carbonyl (C=O) groups is 2. The number of nitrogens with zero attached hydrogens (tertiary/aromatic N) is 1. The van der Waals surface area contributed by atoms with Gasteiger partial charge >= 0.3 is 0 Å². The molecule has 2 saturated carbocycles. The topological polar surface area (TPSA) is 101 Å². The minimum Gasteiger partial charge on any atom is -0.351 e. The lowest BCUT2D eigenvalue weighted by atomic mass is 9.69. The summed E-state index contributed by atoms with van der Waals surface area (Å²) in [5, 5.41) is 16.6. The van der Waals surface area contributed by atoms with Crippen molar-refractivity contribution in [1.29, 1.82) is 0 Å². The van der Waals surface area contributed by atoms with Crippen molar-refractivity contribution < 1.29 is 14.5 Å². The summed E-state index contributed by atoms with van der Waals surface area (Å²) in [6, 6.07) is 4.31. The Morgan fingerprint density at radius 1 is 1.30 bits per heavy atom. The molecule has 1 aromatic rings. The summed E-state index contributed by atoms with van der Waals surface area (Å²) in [7, 11) is 0. The van der Waals surface area contributed by atoms with Gasteiger partial charge in [-0.15, -0.1) is 0 Å². The van der Waals surface area contributed by atoms with Crippen LogP contribution in [-0.4, -0.2) is 29.3 Å². The number of hydrogen-bond acceptors (Lipinski definition) is 4. The Morgan fingerprint density at radius 2 is 2.00 bits per heavy atom. The second-order valence-corrected chi connectivity index (χ2v) is 8.67. The first-order chi connectivity index (χ1) is 12.6. The predicted molar refractivity (Wildman–Crippen MR) is 101 cm³/mol. The van der Waals surface area contributed by atoms with Crippen molar-refractivity contribution >= 4 is 17.5 Å². The van der Waals surface area contributed by atoms with Crippen LogP contribution < -0.4 is 10.6 Å². The third-order valence-electron chi connectivity index (χ3n) is 7.19. The number of nitro groups is 1. The molecular weight excluding hydrogens is 346 g/mol. The first-order valence-corrected chi connectivity index (χ1v) is 9.39. The van der Waals surface area contributed by atoms with E-state index in [0.717, 1.165) is 12.8 Å². The van der Waals surface area contributed by atoms with Crippen LogP contribution in [0.25, 0.3) is 0 Å². The summed E-state index contributed by atoms with van der Waals surface area (Å²) in [4.78, 5) is 35.0. The predicted octanol–water partition coefficient (Wildman–Crippen LogP) is 2.96. The Kier molecular flexibility index (Phi) is 4.74. The molecule has 3 rings (SSSR count). The van der Waals surface area contributed by atoms with E-state index in [1.165, 1.54) is 24.6 Å². The first-order valence-electron chi connectivity index (χ1n) is 9.39. The minimum atomic E-state index is -0.484. The molecule has 2 fully saturated rings. The van der Waals surface area contributed by atoms with E-state index < -0.39 is 10.8 Å². The Hall–Kier alpha value is -2.44. The van der Waals surface area contributed by atoms with Crippen LogP contribution in [0, 0.1) is 33.8 Å². The van der Waals surface area contributed by atoms with E-state index in [2.05, 4.69) is 31.4 Å². The van der Waals surface area contributed by atoms with Crippen molar-refractivity contribution in [3.63, 3.8) is 0 Å². The lowest BCUT2D eigenvalue weighted by molar-refractivity contribution is -0.385. The molecule has 0 spiro atoms.